The molecule has 168 valence electrons. The fraction of sp³-hybridized carbons (Fsp3) is 0.440. The Morgan fingerprint density at radius 3 is 2.69 bits per heavy atom. The van der Waals surface area contributed by atoms with Gasteiger partial charge in [0.15, 0.2) is 5.82 Å². The highest BCUT2D eigenvalue weighted by Crippen LogP contribution is 2.34. The average molecular weight is 433 g/mol. The van der Waals surface area contributed by atoms with Gasteiger partial charge in [-0.3, -0.25) is 4.90 Å². The topological polar surface area (TPSA) is 65.5 Å². The van der Waals surface area contributed by atoms with Gasteiger partial charge in [0.1, 0.15) is 5.82 Å². The molecule has 7 heteroatoms. The minimum atomic E-state index is 0.421. The Kier molecular flexibility index (Phi) is 6.48. The maximum Gasteiger partial charge on any atom is 0.162 e. The number of piperazine rings is 1. The van der Waals surface area contributed by atoms with Gasteiger partial charge in [0, 0.05) is 57.4 Å². The Morgan fingerprint density at radius 2 is 1.88 bits per heavy atom. The van der Waals surface area contributed by atoms with E-state index in [1.54, 1.807) is 0 Å². The Balaban J connectivity index is 1.52. The van der Waals surface area contributed by atoms with Crippen LogP contribution in [0.2, 0.25) is 0 Å². The molecular weight excluding hydrogens is 400 g/mol. The third-order valence-electron chi connectivity index (χ3n) is 6.37. The lowest BCUT2D eigenvalue weighted by Crippen LogP contribution is -2.50. The normalized spacial score (nSPS) is 19.9. The van der Waals surface area contributed by atoms with Crippen LogP contribution >= 0.6 is 0 Å². The van der Waals surface area contributed by atoms with Gasteiger partial charge in [0.2, 0.25) is 0 Å². The molecule has 1 unspecified atom stereocenters. The maximum atomic E-state index is 5.49. The molecule has 0 aliphatic carbocycles. The van der Waals surface area contributed by atoms with Crippen LogP contribution in [-0.2, 0) is 4.74 Å². The van der Waals surface area contributed by atoms with Crippen LogP contribution < -0.4 is 15.5 Å². The first kappa shape index (κ1) is 21.1. The van der Waals surface area contributed by atoms with Crippen molar-refractivity contribution in [1.29, 1.82) is 0 Å². The SMILES string of the molecule is CC1CNCCN1c1cccc2nc(-c3ccccc3)nc(NCCN3CCOCC3)c12. The number of nitrogens with zero attached hydrogens (tertiary/aromatic N) is 4. The van der Waals surface area contributed by atoms with E-state index in [1.165, 1.54) is 5.69 Å². The van der Waals surface area contributed by atoms with Gasteiger partial charge in [-0.05, 0) is 19.1 Å². The monoisotopic (exact) mass is 432 g/mol. The molecule has 7 nitrogen and oxygen atoms in total. The molecule has 2 saturated heterocycles. The summed E-state index contributed by atoms with van der Waals surface area (Å²) in [4.78, 5) is 14.9. The van der Waals surface area contributed by atoms with E-state index < -0.39 is 0 Å². The van der Waals surface area contributed by atoms with Gasteiger partial charge in [-0.25, -0.2) is 9.97 Å². The molecule has 3 heterocycles. The summed E-state index contributed by atoms with van der Waals surface area (Å²) in [5.41, 5.74) is 3.23. The summed E-state index contributed by atoms with van der Waals surface area (Å²) in [6, 6.07) is 17.1. The molecule has 5 rings (SSSR count). The quantitative estimate of drug-likeness (QED) is 0.621. The van der Waals surface area contributed by atoms with E-state index >= 15 is 0 Å². The second-order valence-corrected chi connectivity index (χ2v) is 8.56. The summed E-state index contributed by atoms with van der Waals surface area (Å²) in [6.07, 6.45) is 0. The summed E-state index contributed by atoms with van der Waals surface area (Å²) in [5, 5.41) is 8.27. The van der Waals surface area contributed by atoms with E-state index in [0.717, 1.165) is 87.1 Å². The summed E-state index contributed by atoms with van der Waals surface area (Å²) >= 11 is 0. The number of ether oxygens (including phenoxy) is 1. The molecule has 0 radical (unpaired) electrons. The molecule has 2 fully saturated rings. The van der Waals surface area contributed by atoms with Crippen LogP contribution in [0, 0.1) is 0 Å². The van der Waals surface area contributed by atoms with Gasteiger partial charge < -0.3 is 20.3 Å². The second-order valence-electron chi connectivity index (χ2n) is 8.56. The van der Waals surface area contributed by atoms with Crippen molar-refractivity contribution in [3.05, 3.63) is 48.5 Å². The minimum absolute atomic E-state index is 0.421. The zero-order valence-electron chi connectivity index (χ0n) is 18.8. The molecule has 3 aromatic rings. The van der Waals surface area contributed by atoms with Crippen LogP contribution in [0.25, 0.3) is 22.3 Å². The van der Waals surface area contributed by atoms with Crippen LogP contribution in [0.1, 0.15) is 6.92 Å². The van der Waals surface area contributed by atoms with Gasteiger partial charge >= 0.3 is 0 Å². The van der Waals surface area contributed by atoms with Crippen molar-refractivity contribution in [3.63, 3.8) is 0 Å². The molecule has 0 spiro atoms. The van der Waals surface area contributed by atoms with E-state index in [4.69, 9.17) is 14.7 Å². The van der Waals surface area contributed by atoms with E-state index in [0.29, 0.717) is 6.04 Å². The fourth-order valence-electron chi connectivity index (χ4n) is 4.60. The van der Waals surface area contributed by atoms with Gasteiger partial charge in [-0.2, -0.15) is 0 Å². The third kappa shape index (κ3) is 4.55. The van der Waals surface area contributed by atoms with Gasteiger partial charge in [-0.15, -0.1) is 0 Å². The Labute approximate surface area is 189 Å². The first-order chi connectivity index (χ1) is 15.8. The molecule has 0 amide bonds. The predicted molar refractivity (Wildman–Crippen MR) is 130 cm³/mol. The van der Waals surface area contributed by atoms with Crippen molar-refractivity contribution in [2.45, 2.75) is 13.0 Å². The number of aromatic nitrogens is 2. The lowest BCUT2D eigenvalue weighted by molar-refractivity contribution is 0.0398. The molecule has 0 saturated carbocycles. The first-order valence-electron chi connectivity index (χ1n) is 11.7. The number of hydrogen-bond acceptors (Lipinski definition) is 7. The second kappa shape index (κ2) is 9.81. The van der Waals surface area contributed by atoms with Gasteiger partial charge in [-0.1, -0.05) is 36.4 Å². The number of nitrogens with one attached hydrogen (secondary N) is 2. The number of morpholine rings is 1. The van der Waals surface area contributed by atoms with Gasteiger partial charge in [0.25, 0.3) is 0 Å². The van der Waals surface area contributed by atoms with Crippen molar-refractivity contribution in [2.75, 3.05) is 69.2 Å². The molecule has 2 N–H and O–H groups in total. The van der Waals surface area contributed by atoms with E-state index in [2.05, 4.69) is 57.7 Å². The van der Waals surface area contributed by atoms with Crippen LogP contribution in [0.3, 0.4) is 0 Å². The minimum Gasteiger partial charge on any atom is -0.379 e. The van der Waals surface area contributed by atoms with Crippen LogP contribution in [0.4, 0.5) is 11.5 Å². The number of hydrogen-bond donors (Lipinski definition) is 2. The highest BCUT2D eigenvalue weighted by atomic mass is 16.5. The number of anilines is 2. The predicted octanol–water partition coefficient (Wildman–Crippen LogP) is 2.84. The van der Waals surface area contributed by atoms with Crippen molar-refractivity contribution in [1.82, 2.24) is 20.2 Å². The summed E-state index contributed by atoms with van der Waals surface area (Å²) < 4.78 is 5.49. The van der Waals surface area contributed by atoms with E-state index in [9.17, 15) is 0 Å². The lowest BCUT2D eigenvalue weighted by Gasteiger charge is -2.36. The number of fused-ring (bicyclic) bond motifs is 1. The molecular formula is C25H32N6O. The third-order valence-corrected chi connectivity index (χ3v) is 6.37. The Hall–Kier alpha value is -2.74. The maximum absolute atomic E-state index is 5.49. The number of rotatable bonds is 6. The van der Waals surface area contributed by atoms with Crippen LogP contribution in [0.5, 0.6) is 0 Å². The van der Waals surface area contributed by atoms with Crippen molar-refractivity contribution >= 4 is 22.4 Å². The molecule has 2 aliphatic heterocycles. The smallest absolute Gasteiger partial charge is 0.162 e. The largest absolute Gasteiger partial charge is 0.379 e. The standard InChI is InChI=1S/C25H32N6O/c1-19-18-26-10-13-31(19)22-9-5-8-21-23(22)25(27-11-12-30-14-16-32-17-15-30)29-24(28-21)20-6-3-2-4-7-20/h2-9,19,26H,10-18H2,1H3,(H,27,28,29). The van der Waals surface area contributed by atoms with Crippen LogP contribution in [0.15, 0.2) is 48.5 Å². The first-order valence-corrected chi connectivity index (χ1v) is 11.7. The lowest BCUT2D eigenvalue weighted by atomic mass is 10.1. The zero-order valence-corrected chi connectivity index (χ0v) is 18.8. The summed E-state index contributed by atoms with van der Waals surface area (Å²) in [6.45, 7) is 10.7. The van der Waals surface area contributed by atoms with Gasteiger partial charge in [0.05, 0.1) is 29.8 Å². The van der Waals surface area contributed by atoms with E-state index in [-0.39, 0.29) is 0 Å². The molecule has 1 aromatic heterocycles. The van der Waals surface area contributed by atoms with Crippen molar-refractivity contribution in [2.24, 2.45) is 0 Å². The van der Waals surface area contributed by atoms with Crippen molar-refractivity contribution in [3.8, 4) is 11.4 Å². The molecule has 2 aliphatic rings. The van der Waals surface area contributed by atoms with E-state index in [1.807, 2.05) is 18.2 Å². The highest BCUT2D eigenvalue weighted by Gasteiger charge is 2.23. The Bertz CT molecular complexity index is 1040. The highest BCUT2D eigenvalue weighted by molar-refractivity contribution is 6.01. The average Bonchev–Trinajstić information content (AvgIpc) is 2.85. The van der Waals surface area contributed by atoms with Crippen LogP contribution in [-0.4, -0.2) is 79.9 Å². The molecule has 32 heavy (non-hydrogen) atoms. The number of benzene rings is 2. The molecule has 1 atom stereocenters. The molecule has 2 aromatic carbocycles. The van der Waals surface area contributed by atoms with Crippen molar-refractivity contribution < 1.29 is 4.74 Å². The molecule has 0 bridgehead atoms. The summed E-state index contributed by atoms with van der Waals surface area (Å²) in [5.74, 6) is 1.68. The Morgan fingerprint density at radius 1 is 1.03 bits per heavy atom. The fourth-order valence-corrected chi connectivity index (χ4v) is 4.60. The summed E-state index contributed by atoms with van der Waals surface area (Å²) in [7, 11) is 0. The zero-order chi connectivity index (χ0) is 21.8.